The lowest BCUT2D eigenvalue weighted by Crippen LogP contribution is -2.17. The lowest BCUT2D eigenvalue weighted by Gasteiger charge is -2.10. The van der Waals surface area contributed by atoms with Gasteiger partial charge in [0.1, 0.15) is 4.32 Å². The molecule has 1 saturated heterocycles. The number of carbonyl (C=O) groups excluding carboxylic acids is 1. The quantitative estimate of drug-likeness (QED) is 0.508. The summed E-state index contributed by atoms with van der Waals surface area (Å²) in [7, 11) is 0. The fourth-order valence-corrected chi connectivity index (χ4v) is 3.84. The Morgan fingerprint density at radius 3 is 2.79 bits per heavy atom. The first-order valence-corrected chi connectivity index (χ1v) is 8.15. The highest BCUT2D eigenvalue weighted by molar-refractivity contribution is 8.26. The van der Waals surface area contributed by atoms with Crippen molar-refractivity contribution in [3.8, 4) is 0 Å². The summed E-state index contributed by atoms with van der Waals surface area (Å²) in [4.78, 5) is 13.4. The van der Waals surface area contributed by atoms with Gasteiger partial charge in [-0.1, -0.05) is 55.5 Å². The van der Waals surface area contributed by atoms with E-state index >= 15 is 0 Å². The molecule has 2 rings (SSSR count). The molecule has 0 aromatic heterocycles. The third-order valence-corrected chi connectivity index (χ3v) is 4.87. The highest BCUT2D eigenvalue weighted by Crippen LogP contribution is 2.35. The van der Waals surface area contributed by atoms with Crippen LogP contribution in [0, 0.1) is 0 Å². The first-order valence-electron chi connectivity index (χ1n) is 5.67. The zero-order chi connectivity index (χ0) is 14.0. The fourth-order valence-electron chi connectivity index (χ4n) is 1.57. The van der Waals surface area contributed by atoms with Gasteiger partial charge >= 0.3 is 0 Å². The largest absolute Gasteiger partial charge is 0.307 e. The molecule has 1 amide bonds. The molecule has 1 aliphatic rings. The van der Waals surface area contributed by atoms with E-state index in [-0.39, 0.29) is 5.91 Å². The number of hydrogen-bond acceptors (Lipinski definition) is 4. The summed E-state index contributed by atoms with van der Waals surface area (Å²) in [5, 5.41) is 3.69. The molecule has 2 nitrogen and oxygen atoms in total. The molecule has 6 heteroatoms. The molecule has 19 heavy (non-hydrogen) atoms. The van der Waals surface area contributed by atoms with Gasteiger partial charge in [-0.2, -0.15) is 0 Å². The normalized spacial score (nSPS) is 17.4. The summed E-state index contributed by atoms with van der Waals surface area (Å²) in [6.45, 7) is 4.24. The van der Waals surface area contributed by atoms with Crippen molar-refractivity contribution in [3.05, 3.63) is 33.7 Å². The Hall–Kier alpha value is -0.490. The lowest BCUT2D eigenvalue weighted by atomic mass is 10.2. The van der Waals surface area contributed by atoms with Crippen LogP contribution in [0.4, 0.5) is 0 Å². The van der Waals surface area contributed by atoms with E-state index in [0.717, 1.165) is 10.5 Å². The molecule has 1 N–H and O–H groups in total. The van der Waals surface area contributed by atoms with E-state index in [1.165, 1.54) is 11.8 Å². The number of nitrogens with one attached hydrogen (secondary N) is 1. The van der Waals surface area contributed by atoms with Crippen molar-refractivity contribution in [2.75, 3.05) is 0 Å². The van der Waals surface area contributed by atoms with Crippen molar-refractivity contribution < 1.29 is 4.79 Å². The van der Waals surface area contributed by atoms with Gasteiger partial charge in [-0.25, -0.2) is 0 Å². The fraction of sp³-hybridized carbons (Fsp3) is 0.231. The van der Waals surface area contributed by atoms with E-state index in [4.69, 9.17) is 23.8 Å². The Labute approximate surface area is 131 Å². The zero-order valence-electron chi connectivity index (χ0n) is 10.4. The standard InChI is InChI=1S/C13H12ClNOS3/c1-7(2)18-10-5-3-4-9(14)8(10)6-11-12(16)15-13(17)19-11/h3-7H,1-2H3,(H,15,16,17). The Kier molecular flexibility index (Phi) is 4.95. The molecule has 0 unspecified atom stereocenters. The first-order chi connectivity index (χ1) is 8.97. The minimum atomic E-state index is -0.157. The summed E-state index contributed by atoms with van der Waals surface area (Å²) < 4.78 is 0.487. The average molecular weight is 330 g/mol. The number of halogens is 1. The number of thiocarbonyl (C=S) groups is 1. The van der Waals surface area contributed by atoms with Crippen LogP contribution in [0.25, 0.3) is 6.08 Å². The Morgan fingerprint density at radius 1 is 1.47 bits per heavy atom. The Morgan fingerprint density at radius 2 is 2.21 bits per heavy atom. The van der Waals surface area contributed by atoms with Crippen molar-refractivity contribution in [1.29, 1.82) is 0 Å². The second kappa shape index (κ2) is 6.31. The van der Waals surface area contributed by atoms with Crippen molar-refractivity contribution >= 4 is 63.6 Å². The second-order valence-electron chi connectivity index (χ2n) is 4.17. The van der Waals surface area contributed by atoms with Gasteiger partial charge in [0.25, 0.3) is 5.91 Å². The molecule has 1 aromatic carbocycles. The number of hydrogen-bond donors (Lipinski definition) is 1. The van der Waals surface area contributed by atoms with Crippen molar-refractivity contribution in [3.63, 3.8) is 0 Å². The van der Waals surface area contributed by atoms with Crippen LogP contribution in [0.3, 0.4) is 0 Å². The molecule has 0 bridgehead atoms. The lowest BCUT2D eigenvalue weighted by molar-refractivity contribution is -0.115. The molecule has 0 atom stereocenters. The van der Waals surface area contributed by atoms with Gasteiger partial charge in [-0.3, -0.25) is 4.79 Å². The molecule has 0 radical (unpaired) electrons. The number of thioether (sulfide) groups is 2. The predicted octanol–water partition coefficient (Wildman–Crippen LogP) is 4.33. The molecule has 1 fully saturated rings. The van der Waals surface area contributed by atoms with Crippen LogP contribution in [0.15, 0.2) is 28.0 Å². The molecule has 1 aromatic rings. The SMILES string of the molecule is CC(C)Sc1cccc(Cl)c1C=C1SC(=S)NC1=O. The van der Waals surface area contributed by atoms with Crippen LogP contribution in [0.1, 0.15) is 19.4 Å². The summed E-state index contributed by atoms with van der Waals surface area (Å²) in [5.41, 5.74) is 0.880. The van der Waals surface area contributed by atoms with Crippen LogP contribution < -0.4 is 5.32 Å². The molecular weight excluding hydrogens is 318 g/mol. The van der Waals surface area contributed by atoms with Gasteiger partial charge in [0.15, 0.2) is 0 Å². The maximum Gasteiger partial charge on any atom is 0.263 e. The highest BCUT2D eigenvalue weighted by atomic mass is 35.5. The monoisotopic (exact) mass is 329 g/mol. The topological polar surface area (TPSA) is 29.1 Å². The third-order valence-electron chi connectivity index (χ3n) is 2.29. The molecule has 100 valence electrons. The molecule has 0 saturated carbocycles. The van der Waals surface area contributed by atoms with Crippen LogP contribution in [-0.4, -0.2) is 15.5 Å². The van der Waals surface area contributed by atoms with E-state index < -0.39 is 0 Å². The summed E-state index contributed by atoms with van der Waals surface area (Å²) in [6, 6.07) is 5.76. The van der Waals surface area contributed by atoms with E-state index in [2.05, 4.69) is 19.2 Å². The predicted molar refractivity (Wildman–Crippen MR) is 88.8 cm³/mol. The van der Waals surface area contributed by atoms with Gasteiger partial charge in [-0.15, -0.1) is 11.8 Å². The number of amides is 1. The van der Waals surface area contributed by atoms with Crippen molar-refractivity contribution in [1.82, 2.24) is 5.32 Å². The third kappa shape index (κ3) is 3.75. The number of benzene rings is 1. The van der Waals surface area contributed by atoms with E-state index in [1.807, 2.05) is 24.3 Å². The van der Waals surface area contributed by atoms with Gasteiger partial charge < -0.3 is 5.32 Å². The van der Waals surface area contributed by atoms with Gasteiger partial charge in [-0.05, 0) is 18.2 Å². The first kappa shape index (κ1) is 14.9. The number of carbonyl (C=O) groups is 1. The van der Waals surface area contributed by atoms with Gasteiger partial charge in [0.2, 0.25) is 0 Å². The zero-order valence-corrected chi connectivity index (χ0v) is 13.6. The maximum atomic E-state index is 11.7. The van der Waals surface area contributed by atoms with Crippen LogP contribution >= 0.6 is 47.3 Å². The minimum Gasteiger partial charge on any atom is -0.307 e. The smallest absolute Gasteiger partial charge is 0.263 e. The highest BCUT2D eigenvalue weighted by Gasteiger charge is 2.23. The van der Waals surface area contributed by atoms with Gasteiger partial charge in [0, 0.05) is 20.7 Å². The summed E-state index contributed by atoms with van der Waals surface area (Å²) in [5.74, 6) is -0.157. The summed E-state index contributed by atoms with van der Waals surface area (Å²) >= 11 is 14.2. The van der Waals surface area contributed by atoms with Crippen molar-refractivity contribution in [2.45, 2.75) is 24.0 Å². The van der Waals surface area contributed by atoms with Crippen LogP contribution in [-0.2, 0) is 4.79 Å². The molecule has 0 aliphatic carbocycles. The average Bonchev–Trinajstić information content (AvgIpc) is 2.61. The molecule has 0 spiro atoms. The van der Waals surface area contributed by atoms with E-state index in [0.29, 0.717) is 19.5 Å². The van der Waals surface area contributed by atoms with E-state index in [1.54, 1.807) is 11.8 Å². The Balaban J connectivity index is 2.41. The molecule has 1 heterocycles. The second-order valence-corrected chi connectivity index (χ2v) is 7.91. The molecular formula is C13H12ClNOS3. The number of rotatable bonds is 3. The Bertz CT molecular complexity index is 569. The summed E-state index contributed by atoms with van der Waals surface area (Å²) in [6.07, 6.45) is 1.81. The van der Waals surface area contributed by atoms with E-state index in [9.17, 15) is 4.79 Å². The minimum absolute atomic E-state index is 0.157. The van der Waals surface area contributed by atoms with Crippen molar-refractivity contribution in [2.24, 2.45) is 0 Å². The van der Waals surface area contributed by atoms with Crippen LogP contribution in [0.2, 0.25) is 5.02 Å². The molecule has 1 aliphatic heterocycles. The van der Waals surface area contributed by atoms with Gasteiger partial charge in [0.05, 0.1) is 4.91 Å². The van der Waals surface area contributed by atoms with Crippen LogP contribution in [0.5, 0.6) is 0 Å². The maximum absolute atomic E-state index is 11.7.